The van der Waals surface area contributed by atoms with Crippen LogP contribution in [0.4, 0.5) is 0 Å². The van der Waals surface area contributed by atoms with Gasteiger partial charge in [-0.2, -0.15) is 0 Å². The van der Waals surface area contributed by atoms with E-state index < -0.39 is 0 Å². The van der Waals surface area contributed by atoms with Gasteiger partial charge in [-0.3, -0.25) is 19.2 Å². The van der Waals surface area contributed by atoms with Gasteiger partial charge in [0.2, 0.25) is 0 Å². The molecule has 0 saturated heterocycles. The zero-order valence-electron chi connectivity index (χ0n) is 62.0. The van der Waals surface area contributed by atoms with E-state index in [4.69, 9.17) is 18.9 Å². The van der Waals surface area contributed by atoms with Crippen LogP contribution in [0.15, 0.2) is 0 Å². The monoisotopic (exact) mass is 1340 g/mol. The fraction of sp³-hybridized carbons (Fsp3) is 0.949. The van der Waals surface area contributed by atoms with Crippen LogP contribution in [-0.2, 0) is 38.1 Å². The summed E-state index contributed by atoms with van der Waals surface area (Å²) in [4.78, 5) is 60.8. The molecule has 0 aromatic carbocycles. The van der Waals surface area contributed by atoms with E-state index in [1.807, 2.05) is 21.6 Å². The Balaban J connectivity index is 4.92. The van der Waals surface area contributed by atoms with E-state index in [1.54, 1.807) is 0 Å². The van der Waals surface area contributed by atoms with Gasteiger partial charge in [-0.25, -0.2) is 0 Å². The molecule has 0 saturated carbocycles. The molecule has 0 aromatic rings. The summed E-state index contributed by atoms with van der Waals surface area (Å²) in [7, 11) is 8.13. The quantitative estimate of drug-likeness (QED) is 0.0249. The van der Waals surface area contributed by atoms with Gasteiger partial charge in [0.05, 0.1) is 52.1 Å². The molecule has 12 nitrogen and oxygen atoms in total. The molecule has 0 rings (SSSR count). The fourth-order valence-corrected chi connectivity index (χ4v) is 14.0. The number of hydrogen-bond acceptors (Lipinski definition) is 14. The third-order valence-electron chi connectivity index (χ3n) is 18.4. The van der Waals surface area contributed by atoms with Crippen molar-refractivity contribution in [1.82, 2.24) is 19.6 Å². The average Bonchev–Trinajstić information content (AvgIpc) is 3.68. The first-order chi connectivity index (χ1) is 45.1. The molecule has 0 fully saturated rings. The minimum atomic E-state index is -0.147. The Morgan fingerprint density at radius 3 is 0.587 bits per heavy atom. The number of esters is 4. The van der Waals surface area contributed by atoms with Gasteiger partial charge in [0, 0.05) is 77.0 Å². The first-order valence-electron chi connectivity index (χ1n) is 39.8. The number of hydrogen-bond donors (Lipinski definition) is 0. The first kappa shape index (κ1) is 90.4. The second-order valence-electron chi connectivity index (χ2n) is 27.4. The Bertz CT molecular complexity index is 1350. The number of nitrogens with zero attached hydrogens (tertiary/aromatic N) is 4. The van der Waals surface area contributed by atoms with Crippen molar-refractivity contribution in [3.63, 3.8) is 0 Å². The zero-order chi connectivity index (χ0) is 66.9. The smallest absolute Gasteiger partial charge is 0.307 e. The third-order valence-corrected chi connectivity index (χ3v) is 20.7. The van der Waals surface area contributed by atoms with Gasteiger partial charge in [0.15, 0.2) is 0 Å². The summed E-state index contributed by atoms with van der Waals surface area (Å²) in [5.41, 5.74) is 0. The molecule has 0 radical (unpaired) electrons. The second-order valence-corrected chi connectivity index (χ2v) is 30.1. The van der Waals surface area contributed by atoms with E-state index in [-0.39, 0.29) is 23.9 Å². The standard InChI is InChI=1S/C78H154N4O8S2/c1-7-11-15-19-23-27-31-35-39-43-47-51-69-87-75(83)55-59-81(60-56-76(84)88-70-52-48-44-40-36-32-28-24-20-16-12-8-2)65-63-79(5)67-73-91-92-74-68-80(6)64-66-82(61-57-77(85)89-71-53-49-45-41-37-33-29-25-21-17-13-9-3)62-58-78(86)90-72-54-50-46-42-38-34-30-26-22-18-14-10-4/h7-74H2,1-6H3. The van der Waals surface area contributed by atoms with Gasteiger partial charge in [-0.1, -0.05) is 332 Å². The van der Waals surface area contributed by atoms with Gasteiger partial charge in [-0.15, -0.1) is 0 Å². The third kappa shape index (κ3) is 71.2. The zero-order valence-corrected chi connectivity index (χ0v) is 63.6. The molecule has 0 aliphatic rings. The minimum Gasteiger partial charge on any atom is -0.466 e. The van der Waals surface area contributed by atoms with Crippen LogP contribution in [0.25, 0.3) is 0 Å². The molecule has 0 bridgehead atoms. The van der Waals surface area contributed by atoms with Crippen LogP contribution in [0.5, 0.6) is 0 Å². The van der Waals surface area contributed by atoms with E-state index in [9.17, 15) is 19.2 Å². The number of carbonyl (C=O) groups excluding carboxylic acids is 4. The molecule has 0 aliphatic heterocycles. The van der Waals surface area contributed by atoms with Crippen LogP contribution in [0.3, 0.4) is 0 Å². The average molecular weight is 1340 g/mol. The summed E-state index contributed by atoms with van der Waals surface area (Å²) in [5, 5.41) is 0. The Kier molecular flexibility index (Phi) is 73.9. The van der Waals surface area contributed by atoms with Gasteiger partial charge in [0.1, 0.15) is 0 Å². The molecule has 0 amide bonds. The summed E-state index contributed by atoms with van der Waals surface area (Å²) in [6.07, 6.45) is 62.7. The van der Waals surface area contributed by atoms with E-state index in [0.717, 1.165) is 102 Å². The van der Waals surface area contributed by atoms with Crippen molar-refractivity contribution in [1.29, 1.82) is 0 Å². The van der Waals surface area contributed by atoms with E-state index in [2.05, 4.69) is 61.4 Å². The summed E-state index contributed by atoms with van der Waals surface area (Å²) >= 11 is 0. The van der Waals surface area contributed by atoms with Crippen molar-refractivity contribution < 1.29 is 38.1 Å². The normalized spacial score (nSPS) is 11.7. The molecular weight excluding hydrogens is 1190 g/mol. The summed E-state index contributed by atoms with van der Waals surface area (Å²) in [6, 6.07) is 0. The molecule has 0 heterocycles. The van der Waals surface area contributed by atoms with Crippen LogP contribution in [0.1, 0.15) is 362 Å². The molecule has 0 N–H and O–H groups in total. The van der Waals surface area contributed by atoms with Gasteiger partial charge >= 0.3 is 23.9 Å². The van der Waals surface area contributed by atoms with Crippen LogP contribution < -0.4 is 0 Å². The van der Waals surface area contributed by atoms with E-state index >= 15 is 0 Å². The van der Waals surface area contributed by atoms with Crippen LogP contribution in [0.2, 0.25) is 0 Å². The predicted octanol–water partition coefficient (Wildman–Crippen LogP) is 21.4. The molecule has 0 aliphatic carbocycles. The van der Waals surface area contributed by atoms with Gasteiger partial charge in [0.25, 0.3) is 0 Å². The van der Waals surface area contributed by atoms with Crippen LogP contribution in [0, 0.1) is 0 Å². The van der Waals surface area contributed by atoms with Gasteiger partial charge < -0.3 is 38.5 Å². The number of likely N-dealkylation sites (N-methyl/N-ethyl adjacent to an activating group) is 2. The summed E-state index contributed by atoms with van der Waals surface area (Å²) in [5.74, 6) is 1.41. The highest BCUT2D eigenvalue weighted by Crippen LogP contribution is 2.21. The number of unbranched alkanes of at least 4 members (excludes halogenated alkanes) is 44. The Labute approximate surface area is 579 Å². The van der Waals surface area contributed by atoms with Crippen molar-refractivity contribution >= 4 is 45.5 Å². The Hall–Kier alpha value is -1.58. The van der Waals surface area contributed by atoms with Crippen LogP contribution in [-0.4, -0.2) is 161 Å². The first-order valence-corrected chi connectivity index (χ1v) is 42.3. The van der Waals surface area contributed by atoms with Gasteiger partial charge in [-0.05, 0) is 39.8 Å². The molecule has 0 aromatic heterocycles. The maximum atomic E-state index is 12.9. The minimum absolute atomic E-state index is 0.147. The maximum absolute atomic E-state index is 12.9. The molecule has 0 atom stereocenters. The highest BCUT2D eigenvalue weighted by Gasteiger charge is 2.16. The molecule has 92 heavy (non-hydrogen) atoms. The lowest BCUT2D eigenvalue weighted by atomic mass is 10.1. The summed E-state index contributed by atoms with van der Waals surface area (Å²) < 4.78 is 22.7. The lowest BCUT2D eigenvalue weighted by Gasteiger charge is -2.25. The van der Waals surface area contributed by atoms with E-state index in [1.165, 1.54) is 257 Å². The van der Waals surface area contributed by atoms with Crippen LogP contribution >= 0.6 is 21.6 Å². The maximum Gasteiger partial charge on any atom is 0.307 e. The molecule has 0 unspecified atom stereocenters. The number of rotatable bonds is 77. The second kappa shape index (κ2) is 75.2. The summed E-state index contributed by atoms with van der Waals surface area (Å²) in [6.45, 7) is 18.5. The lowest BCUT2D eigenvalue weighted by molar-refractivity contribution is -0.146. The van der Waals surface area contributed by atoms with Crippen molar-refractivity contribution in [2.45, 2.75) is 362 Å². The van der Waals surface area contributed by atoms with E-state index in [0.29, 0.717) is 78.3 Å². The highest BCUT2D eigenvalue weighted by atomic mass is 33.1. The Morgan fingerprint density at radius 2 is 0.402 bits per heavy atom. The number of carbonyl (C=O) groups is 4. The van der Waals surface area contributed by atoms with Crippen molar-refractivity contribution in [2.75, 3.05) is 117 Å². The van der Waals surface area contributed by atoms with Crippen molar-refractivity contribution in [3.05, 3.63) is 0 Å². The molecular formula is C78H154N4O8S2. The molecule has 0 spiro atoms. The SMILES string of the molecule is CCCCCCCCCCCCCCOC(=O)CCN(CCC(=O)OCCCCCCCCCCCCCC)CCN(C)CCSSCCN(C)CCN(CCC(=O)OCCCCCCCCCCCCCC)CCC(=O)OCCCCCCCCCCCCCC. The predicted molar refractivity (Wildman–Crippen MR) is 399 cm³/mol. The van der Waals surface area contributed by atoms with Crippen molar-refractivity contribution in [3.8, 4) is 0 Å². The molecule has 546 valence electrons. The fourth-order valence-electron chi connectivity index (χ4n) is 11.8. The lowest BCUT2D eigenvalue weighted by Crippen LogP contribution is -2.37. The highest BCUT2D eigenvalue weighted by molar-refractivity contribution is 8.76. The molecule has 14 heteroatoms. The van der Waals surface area contributed by atoms with Crippen molar-refractivity contribution in [2.24, 2.45) is 0 Å². The number of ether oxygens (including phenoxy) is 4. The topological polar surface area (TPSA) is 118 Å². The largest absolute Gasteiger partial charge is 0.466 e. The Morgan fingerprint density at radius 1 is 0.228 bits per heavy atom.